The molecule has 1 aliphatic heterocycles. The molecule has 0 aromatic carbocycles. The molecule has 0 aliphatic carbocycles. The van der Waals surface area contributed by atoms with E-state index in [0.29, 0.717) is 11.4 Å². The number of aromatic nitrogens is 1. The summed E-state index contributed by atoms with van der Waals surface area (Å²) in [6, 6.07) is 5.19. The quantitative estimate of drug-likeness (QED) is 0.722. The topological polar surface area (TPSA) is 39.9 Å². The van der Waals surface area contributed by atoms with E-state index >= 15 is 0 Å². The summed E-state index contributed by atoms with van der Waals surface area (Å²) in [4.78, 5) is 5.80. The summed E-state index contributed by atoms with van der Waals surface area (Å²) in [5.41, 5.74) is -0.0466. The Kier molecular flexibility index (Phi) is 3.24. The normalized spacial score (nSPS) is 16.1. The summed E-state index contributed by atoms with van der Waals surface area (Å²) in [5, 5.41) is 8.62. The highest BCUT2D eigenvalue weighted by molar-refractivity contribution is 5.44. The second kappa shape index (κ2) is 4.69. The van der Waals surface area contributed by atoms with Gasteiger partial charge in [0.05, 0.1) is 5.56 Å². The van der Waals surface area contributed by atoms with Crippen LogP contribution in [0.1, 0.15) is 12.0 Å². The van der Waals surface area contributed by atoms with Gasteiger partial charge in [0, 0.05) is 24.9 Å². The van der Waals surface area contributed by atoms with E-state index in [1.165, 1.54) is 12.3 Å². The fourth-order valence-electron chi connectivity index (χ4n) is 1.77. The molecule has 18 heavy (non-hydrogen) atoms. The van der Waals surface area contributed by atoms with Crippen molar-refractivity contribution in [1.29, 1.82) is 5.26 Å². The molecule has 0 fully saturated rings. The SMILES string of the molecule is N#Cc1ccc(N2CC=C(C(F)(F)F)CC2)nc1. The van der Waals surface area contributed by atoms with Gasteiger partial charge in [-0.15, -0.1) is 0 Å². The van der Waals surface area contributed by atoms with Gasteiger partial charge in [-0.2, -0.15) is 18.4 Å². The molecule has 0 unspecified atom stereocenters. The van der Waals surface area contributed by atoms with Gasteiger partial charge in [0.1, 0.15) is 11.9 Å². The predicted molar refractivity (Wildman–Crippen MR) is 59.9 cm³/mol. The fraction of sp³-hybridized carbons (Fsp3) is 0.333. The van der Waals surface area contributed by atoms with Crippen molar-refractivity contribution in [1.82, 2.24) is 4.98 Å². The van der Waals surface area contributed by atoms with Crippen LogP contribution in [0.2, 0.25) is 0 Å². The third-order valence-electron chi connectivity index (χ3n) is 2.77. The molecule has 6 heteroatoms. The first-order chi connectivity index (χ1) is 8.50. The Labute approximate surface area is 102 Å². The minimum absolute atomic E-state index is 0.0365. The van der Waals surface area contributed by atoms with Gasteiger partial charge in [0.25, 0.3) is 0 Å². The van der Waals surface area contributed by atoms with Crippen molar-refractivity contribution < 1.29 is 13.2 Å². The summed E-state index contributed by atoms with van der Waals surface area (Å²) in [6.07, 6.45) is -1.67. The summed E-state index contributed by atoms with van der Waals surface area (Å²) in [6.45, 7) is 0.470. The van der Waals surface area contributed by atoms with Crippen molar-refractivity contribution in [2.24, 2.45) is 0 Å². The van der Waals surface area contributed by atoms with Crippen LogP contribution in [0.25, 0.3) is 0 Å². The summed E-state index contributed by atoms with van der Waals surface area (Å²) in [7, 11) is 0. The van der Waals surface area contributed by atoms with Crippen LogP contribution >= 0.6 is 0 Å². The van der Waals surface area contributed by atoms with Crippen LogP contribution in [0.4, 0.5) is 19.0 Å². The van der Waals surface area contributed by atoms with Crippen LogP contribution in [0.15, 0.2) is 30.0 Å². The van der Waals surface area contributed by atoms with E-state index in [2.05, 4.69) is 4.98 Å². The zero-order valence-electron chi connectivity index (χ0n) is 9.41. The summed E-state index contributed by atoms with van der Waals surface area (Å²) >= 11 is 0. The Bertz CT molecular complexity index is 497. The molecule has 0 amide bonds. The molecule has 94 valence electrons. The van der Waals surface area contributed by atoms with Crippen LogP contribution in [0.3, 0.4) is 0 Å². The standard InChI is InChI=1S/C12H10F3N3/c13-12(14,15)10-3-5-18(6-4-10)11-2-1-9(7-16)8-17-11/h1-3,8H,4-6H2. The van der Waals surface area contributed by atoms with Crippen molar-refractivity contribution in [3.05, 3.63) is 35.5 Å². The highest BCUT2D eigenvalue weighted by Crippen LogP contribution is 2.31. The molecule has 1 aromatic rings. The molecule has 0 saturated heterocycles. The average molecular weight is 253 g/mol. The lowest BCUT2D eigenvalue weighted by molar-refractivity contribution is -0.0944. The first kappa shape index (κ1) is 12.4. The summed E-state index contributed by atoms with van der Waals surface area (Å²) < 4.78 is 37.3. The van der Waals surface area contributed by atoms with E-state index in [9.17, 15) is 13.2 Å². The molecule has 0 atom stereocenters. The van der Waals surface area contributed by atoms with Crippen molar-refractivity contribution >= 4 is 5.82 Å². The monoisotopic (exact) mass is 253 g/mol. The van der Waals surface area contributed by atoms with Gasteiger partial charge in [-0.3, -0.25) is 0 Å². The second-order valence-corrected chi connectivity index (χ2v) is 3.94. The van der Waals surface area contributed by atoms with Gasteiger partial charge in [0.15, 0.2) is 0 Å². The molecule has 0 spiro atoms. The average Bonchev–Trinajstić information content (AvgIpc) is 2.38. The van der Waals surface area contributed by atoms with Crippen LogP contribution < -0.4 is 4.90 Å². The van der Waals surface area contributed by atoms with E-state index in [-0.39, 0.29) is 19.5 Å². The fourth-order valence-corrected chi connectivity index (χ4v) is 1.77. The molecule has 0 bridgehead atoms. The van der Waals surface area contributed by atoms with Crippen LogP contribution in [-0.4, -0.2) is 24.2 Å². The number of alkyl halides is 3. The number of rotatable bonds is 1. The van der Waals surface area contributed by atoms with Gasteiger partial charge >= 0.3 is 6.18 Å². The van der Waals surface area contributed by atoms with E-state index in [1.54, 1.807) is 17.0 Å². The number of hydrogen-bond donors (Lipinski definition) is 0. The lowest BCUT2D eigenvalue weighted by atomic mass is 10.1. The Balaban J connectivity index is 2.10. The van der Waals surface area contributed by atoms with Crippen molar-refractivity contribution in [2.75, 3.05) is 18.0 Å². The molecule has 0 saturated carbocycles. The van der Waals surface area contributed by atoms with E-state index in [4.69, 9.17) is 5.26 Å². The Morgan fingerprint density at radius 3 is 2.56 bits per heavy atom. The zero-order valence-corrected chi connectivity index (χ0v) is 9.41. The number of nitrogens with zero attached hydrogens (tertiary/aromatic N) is 3. The van der Waals surface area contributed by atoms with Crippen molar-refractivity contribution in [3.63, 3.8) is 0 Å². The van der Waals surface area contributed by atoms with Gasteiger partial charge in [-0.1, -0.05) is 6.08 Å². The third kappa shape index (κ3) is 2.62. The van der Waals surface area contributed by atoms with Crippen LogP contribution in [0, 0.1) is 11.3 Å². The zero-order chi connectivity index (χ0) is 13.2. The largest absolute Gasteiger partial charge is 0.412 e. The maximum absolute atomic E-state index is 12.4. The van der Waals surface area contributed by atoms with Gasteiger partial charge < -0.3 is 4.90 Å². The van der Waals surface area contributed by atoms with Gasteiger partial charge in [-0.25, -0.2) is 4.98 Å². The molecule has 1 aromatic heterocycles. The molecule has 1 aliphatic rings. The molecule has 2 heterocycles. The summed E-state index contributed by atoms with van der Waals surface area (Å²) in [5.74, 6) is 0.589. The van der Waals surface area contributed by atoms with E-state index in [1.807, 2.05) is 6.07 Å². The van der Waals surface area contributed by atoms with E-state index < -0.39 is 11.7 Å². The second-order valence-electron chi connectivity index (χ2n) is 3.94. The first-order valence-corrected chi connectivity index (χ1v) is 5.38. The maximum Gasteiger partial charge on any atom is 0.412 e. The molecular formula is C12H10F3N3. The van der Waals surface area contributed by atoms with Crippen molar-refractivity contribution in [2.45, 2.75) is 12.6 Å². The number of hydrogen-bond acceptors (Lipinski definition) is 3. The van der Waals surface area contributed by atoms with Gasteiger partial charge in [0.2, 0.25) is 0 Å². The number of nitriles is 1. The molecule has 3 nitrogen and oxygen atoms in total. The molecular weight excluding hydrogens is 243 g/mol. The lowest BCUT2D eigenvalue weighted by Crippen LogP contribution is -2.32. The minimum Gasteiger partial charge on any atom is -0.353 e. The Hall–Kier alpha value is -2.03. The first-order valence-electron chi connectivity index (χ1n) is 5.38. The molecule has 0 radical (unpaired) electrons. The maximum atomic E-state index is 12.4. The minimum atomic E-state index is -4.23. The smallest absolute Gasteiger partial charge is 0.353 e. The van der Waals surface area contributed by atoms with E-state index in [0.717, 1.165) is 0 Å². The number of halogens is 3. The molecule has 2 rings (SSSR count). The number of anilines is 1. The van der Waals surface area contributed by atoms with Crippen LogP contribution in [0.5, 0.6) is 0 Å². The highest BCUT2D eigenvalue weighted by Gasteiger charge is 2.34. The predicted octanol–water partition coefficient (Wildman–Crippen LogP) is 2.65. The Morgan fingerprint density at radius 2 is 2.11 bits per heavy atom. The third-order valence-corrected chi connectivity index (χ3v) is 2.77. The van der Waals surface area contributed by atoms with Gasteiger partial charge in [-0.05, 0) is 18.6 Å². The van der Waals surface area contributed by atoms with Crippen molar-refractivity contribution in [3.8, 4) is 6.07 Å². The lowest BCUT2D eigenvalue weighted by Gasteiger charge is -2.28. The molecule has 0 N–H and O–H groups in total. The van der Waals surface area contributed by atoms with Crippen LogP contribution in [-0.2, 0) is 0 Å². The Morgan fingerprint density at radius 1 is 1.33 bits per heavy atom. The highest BCUT2D eigenvalue weighted by atomic mass is 19.4. The number of pyridine rings is 1.